The maximum atomic E-state index is 14.2. The Labute approximate surface area is 165 Å². The Kier molecular flexibility index (Phi) is 6.25. The average molecular weight is 427 g/mol. The fraction of sp³-hybridized carbons (Fsp3) is 0.353. The quantitative estimate of drug-likeness (QED) is 0.675. The van der Waals surface area contributed by atoms with Gasteiger partial charge in [-0.2, -0.15) is 4.31 Å². The highest BCUT2D eigenvalue weighted by Gasteiger charge is 2.30. The van der Waals surface area contributed by atoms with Crippen molar-refractivity contribution < 1.29 is 36.4 Å². The fourth-order valence-corrected chi connectivity index (χ4v) is 4.06. The Morgan fingerprint density at radius 3 is 2.66 bits per heavy atom. The summed E-state index contributed by atoms with van der Waals surface area (Å²) < 4.78 is 55.3. The van der Waals surface area contributed by atoms with E-state index < -0.39 is 39.2 Å². The Morgan fingerprint density at radius 2 is 2.00 bits per heavy atom. The van der Waals surface area contributed by atoms with Crippen LogP contribution in [0, 0.1) is 12.7 Å². The lowest BCUT2D eigenvalue weighted by Crippen LogP contribution is -2.41. The first-order valence-electron chi connectivity index (χ1n) is 8.55. The number of aromatic nitrogens is 1. The second kappa shape index (κ2) is 8.68. The summed E-state index contributed by atoms with van der Waals surface area (Å²) >= 11 is 0. The van der Waals surface area contributed by atoms with Gasteiger partial charge in [0.15, 0.2) is 6.61 Å². The lowest BCUT2D eigenvalue weighted by molar-refractivity contribution is -0.119. The van der Waals surface area contributed by atoms with Crippen LogP contribution in [0.25, 0.3) is 0 Å². The molecule has 2 aromatic rings. The van der Waals surface area contributed by atoms with Gasteiger partial charge in [-0.25, -0.2) is 17.6 Å². The van der Waals surface area contributed by atoms with Gasteiger partial charge in [0.05, 0.1) is 24.5 Å². The van der Waals surface area contributed by atoms with Gasteiger partial charge in [-0.05, 0) is 25.1 Å². The number of benzene rings is 1. The van der Waals surface area contributed by atoms with Crippen LogP contribution >= 0.6 is 0 Å². The van der Waals surface area contributed by atoms with E-state index in [0.29, 0.717) is 5.69 Å². The van der Waals surface area contributed by atoms with Crippen molar-refractivity contribution in [2.45, 2.75) is 11.8 Å². The highest BCUT2D eigenvalue weighted by molar-refractivity contribution is 7.89. The Morgan fingerprint density at radius 1 is 1.28 bits per heavy atom. The normalized spacial score (nSPS) is 15.1. The van der Waals surface area contributed by atoms with Crippen LogP contribution in [0.1, 0.15) is 16.1 Å². The van der Waals surface area contributed by atoms with E-state index in [4.69, 9.17) is 14.0 Å². The molecule has 0 unspecified atom stereocenters. The molecule has 1 aliphatic heterocycles. The van der Waals surface area contributed by atoms with Gasteiger partial charge in [-0.15, -0.1) is 0 Å². The summed E-state index contributed by atoms with van der Waals surface area (Å²) in [5.74, 6) is -2.57. The van der Waals surface area contributed by atoms with Gasteiger partial charge in [-0.1, -0.05) is 5.16 Å². The molecule has 3 rings (SSSR count). The molecular weight excluding hydrogens is 409 g/mol. The Bertz CT molecular complexity index is 1020. The van der Waals surface area contributed by atoms with Crippen molar-refractivity contribution >= 4 is 27.8 Å². The molecule has 1 fully saturated rings. The third-order valence-corrected chi connectivity index (χ3v) is 5.89. The summed E-state index contributed by atoms with van der Waals surface area (Å²) in [7, 11) is -4.15. The first kappa shape index (κ1) is 20.9. The van der Waals surface area contributed by atoms with Crippen LogP contribution in [-0.4, -0.2) is 62.7 Å². The van der Waals surface area contributed by atoms with Crippen LogP contribution in [0.2, 0.25) is 0 Å². The summed E-state index contributed by atoms with van der Waals surface area (Å²) in [4.78, 5) is 23.3. The highest BCUT2D eigenvalue weighted by atomic mass is 32.2. The van der Waals surface area contributed by atoms with E-state index in [9.17, 15) is 22.4 Å². The minimum Gasteiger partial charge on any atom is -0.452 e. The lowest BCUT2D eigenvalue weighted by atomic mass is 10.2. The molecule has 1 amide bonds. The number of hydrogen-bond donors (Lipinski definition) is 1. The van der Waals surface area contributed by atoms with Crippen LogP contribution < -0.4 is 5.32 Å². The number of anilines is 1. The number of halogens is 1. The third kappa shape index (κ3) is 4.96. The van der Waals surface area contributed by atoms with E-state index in [2.05, 4.69) is 10.5 Å². The number of carbonyl (C=O) groups is 2. The minimum absolute atomic E-state index is 0.0811. The zero-order valence-corrected chi connectivity index (χ0v) is 16.2. The lowest BCUT2D eigenvalue weighted by Gasteiger charge is -2.26. The standard InChI is InChI=1S/C17H18FN3O7S/c1-11-8-16(28-20-11)19-15(22)10-27-17(23)12-2-3-13(18)14(9-12)29(24,25)21-4-6-26-7-5-21/h2-3,8-9H,4-7,10H2,1H3,(H,19,22). The second-order valence-corrected chi connectivity index (χ2v) is 8.02. The monoisotopic (exact) mass is 427 g/mol. The van der Waals surface area contributed by atoms with Crippen molar-refractivity contribution in [3.8, 4) is 0 Å². The number of ether oxygens (including phenoxy) is 2. The van der Waals surface area contributed by atoms with E-state index in [0.717, 1.165) is 22.5 Å². The fourth-order valence-electron chi connectivity index (χ4n) is 2.56. The largest absolute Gasteiger partial charge is 0.452 e. The van der Waals surface area contributed by atoms with E-state index in [1.165, 1.54) is 6.07 Å². The first-order valence-corrected chi connectivity index (χ1v) is 9.99. The molecule has 0 bridgehead atoms. The molecule has 12 heteroatoms. The van der Waals surface area contributed by atoms with Crippen LogP contribution in [0.3, 0.4) is 0 Å². The summed E-state index contributed by atoms with van der Waals surface area (Å²) in [6.07, 6.45) is 0. The number of nitrogens with zero attached hydrogens (tertiary/aromatic N) is 2. The van der Waals surface area contributed by atoms with Crippen LogP contribution in [0.4, 0.5) is 10.3 Å². The molecular formula is C17H18FN3O7S. The van der Waals surface area contributed by atoms with Gasteiger partial charge in [0.1, 0.15) is 10.7 Å². The number of hydrogen-bond acceptors (Lipinski definition) is 8. The van der Waals surface area contributed by atoms with Gasteiger partial charge in [0.2, 0.25) is 15.9 Å². The average Bonchev–Trinajstić information content (AvgIpc) is 3.11. The zero-order chi connectivity index (χ0) is 21.0. The maximum Gasteiger partial charge on any atom is 0.338 e. The van der Waals surface area contributed by atoms with Crippen molar-refractivity contribution in [1.29, 1.82) is 0 Å². The number of esters is 1. The Hall–Kier alpha value is -2.83. The minimum atomic E-state index is -4.15. The van der Waals surface area contributed by atoms with Crippen LogP contribution in [0.15, 0.2) is 33.7 Å². The molecule has 2 heterocycles. The molecule has 0 spiro atoms. The van der Waals surface area contributed by atoms with Crippen molar-refractivity contribution in [2.75, 3.05) is 38.2 Å². The van der Waals surface area contributed by atoms with Crippen LogP contribution in [0.5, 0.6) is 0 Å². The van der Waals surface area contributed by atoms with Crippen molar-refractivity contribution in [3.63, 3.8) is 0 Å². The molecule has 0 saturated carbocycles. The third-order valence-electron chi connectivity index (χ3n) is 3.98. The van der Waals surface area contributed by atoms with Crippen molar-refractivity contribution in [1.82, 2.24) is 9.46 Å². The maximum absolute atomic E-state index is 14.2. The Balaban J connectivity index is 1.68. The molecule has 1 saturated heterocycles. The number of sulfonamides is 1. The molecule has 0 radical (unpaired) electrons. The van der Waals surface area contributed by atoms with E-state index in [-0.39, 0.29) is 37.8 Å². The smallest absolute Gasteiger partial charge is 0.338 e. The number of morpholine rings is 1. The summed E-state index contributed by atoms with van der Waals surface area (Å²) in [5.41, 5.74) is 0.346. The van der Waals surface area contributed by atoms with Gasteiger partial charge in [0.25, 0.3) is 5.91 Å². The molecule has 156 valence electrons. The summed E-state index contributed by atoms with van der Waals surface area (Å²) in [5, 5.41) is 5.93. The van der Waals surface area contributed by atoms with Gasteiger partial charge >= 0.3 is 5.97 Å². The molecule has 29 heavy (non-hydrogen) atoms. The van der Waals surface area contributed by atoms with Crippen molar-refractivity contribution in [2.24, 2.45) is 0 Å². The highest BCUT2D eigenvalue weighted by Crippen LogP contribution is 2.22. The van der Waals surface area contributed by atoms with Gasteiger partial charge in [0, 0.05) is 19.2 Å². The number of aryl methyl sites for hydroxylation is 1. The molecule has 0 atom stereocenters. The molecule has 1 aliphatic rings. The number of amides is 1. The number of nitrogens with one attached hydrogen (secondary N) is 1. The van der Waals surface area contributed by atoms with Crippen molar-refractivity contribution in [3.05, 3.63) is 41.3 Å². The second-order valence-electron chi connectivity index (χ2n) is 6.12. The van der Waals surface area contributed by atoms with E-state index >= 15 is 0 Å². The number of rotatable bonds is 6. The number of carbonyl (C=O) groups excluding carboxylic acids is 2. The molecule has 0 aliphatic carbocycles. The van der Waals surface area contributed by atoms with E-state index in [1.54, 1.807) is 6.92 Å². The predicted molar refractivity (Wildman–Crippen MR) is 96.1 cm³/mol. The molecule has 10 nitrogen and oxygen atoms in total. The zero-order valence-electron chi connectivity index (χ0n) is 15.4. The van der Waals surface area contributed by atoms with Crippen LogP contribution in [-0.2, 0) is 24.3 Å². The molecule has 1 aromatic carbocycles. The SMILES string of the molecule is Cc1cc(NC(=O)COC(=O)c2ccc(F)c(S(=O)(=O)N3CCOCC3)c2)on1. The first-order chi connectivity index (χ1) is 13.8. The van der Waals surface area contributed by atoms with E-state index in [1.807, 2.05) is 0 Å². The summed E-state index contributed by atoms with van der Waals surface area (Å²) in [6.45, 7) is 1.57. The molecule has 1 N–H and O–H groups in total. The topological polar surface area (TPSA) is 128 Å². The van der Waals surface area contributed by atoms with Gasteiger partial charge < -0.3 is 14.0 Å². The molecule has 1 aromatic heterocycles. The van der Waals surface area contributed by atoms with Gasteiger partial charge in [-0.3, -0.25) is 10.1 Å². The predicted octanol–water partition coefficient (Wildman–Crippen LogP) is 0.939. The summed E-state index contributed by atoms with van der Waals surface area (Å²) in [6, 6.07) is 4.30.